The van der Waals surface area contributed by atoms with Crippen LogP contribution in [0, 0.1) is 0 Å². The molecule has 0 unspecified atom stereocenters. The summed E-state index contributed by atoms with van der Waals surface area (Å²) in [5, 5.41) is 3.03. The van der Waals surface area contributed by atoms with Crippen LogP contribution in [0.4, 0.5) is 5.69 Å². The van der Waals surface area contributed by atoms with Crippen LogP contribution in [0.1, 0.15) is 20.3 Å². The van der Waals surface area contributed by atoms with Crippen LogP contribution in [0.5, 0.6) is 5.88 Å². The molecule has 0 spiro atoms. The van der Waals surface area contributed by atoms with E-state index in [-0.39, 0.29) is 11.5 Å². The fraction of sp³-hybridized carbons (Fsp3) is 0.583. The molecule has 5 nitrogen and oxygen atoms in total. The molecule has 102 valence electrons. The minimum absolute atomic E-state index is 0.147. The lowest BCUT2D eigenvalue weighted by Crippen LogP contribution is -2.18. The molecule has 0 saturated carbocycles. The van der Waals surface area contributed by atoms with E-state index in [9.17, 15) is 8.42 Å². The second-order valence-electron chi connectivity index (χ2n) is 3.90. The number of anilines is 1. The van der Waals surface area contributed by atoms with E-state index >= 15 is 0 Å². The molecule has 0 saturated heterocycles. The maximum Gasteiger partial charge on any atom is 0.213 e. The van der Waals surface area contributed by atoms with Crippen molar-refractivity contribution in [2.24, 2.45) is 0 Å². The molecule has 0 aromatic carbocycles. The van der Waals surface area contributed by atoms with Crippen molar-refractivity contribution < 1.29 is 13.2 Å². The lowest BCUT2D eigenvalue weighted by Gasteiger charge is -2.07. The molecule has 1 heterocycles. The Bertz CT molecular complexity index is 443. The fourth-order valence-corrected chi connectivity index (χ4v) is 2.72. The van der Waals surface area contributed by atoms with E-state index in [2.05, 4.69) is 10.3 Å². The zero-order valence-corrected chi connectivity index (χ0v) is 11.7. The molecule has 0 aliphatic carbocycles. The SMILES string of the molecule is CCCS(=O)(=O)CCNc1ccc(OCC)nc1. The topological polar surface area (TPSA) is 68.3 Å². The van der Waals surface area contributed by atoms with Crippen molar-refractivity contribution in [2.75, 3.05) is 30.0 Å². The normalized spacial score (nSPS) is 11.2. The van der Waals surface area contributed by atoms with Crippen LogP contribution in [-0.2, 0) is 9.84 Å². The molecule has 0 aliphatic heterocycles. The number of pyridine rings is 1. The van der Waals surface area contributed by atoms with Crippen LogP contribution < -0.4 is 10.1 Å². The van der Waals surface area contributed by atoms with Crippen molar-refractivity contribution in [3.05, 3.63) is 18.3 Å². The molecule has 1 aromatic heterocycles. The third-order valence-corrected chi connectivity index (χ3v) is 4.14. The molecule has 6 heteroatoms. The van der Waals surface area contributed by atoms with Gasteiger partial charge in [-0.3, -0.25) is 0 Å². The van der Waals surface area contributed by atoms with Gasteiger partial charge in [0.2, 0.25) is 5.88 Å². The lowest BCUT2D eigenvalue weighted by molar-refractivity contribution is 0.327. The molecular formula is C12H20N2O3S. The van der Waals surface area contributed by atoms with Gasteiger partial charge in [-0.2, -0.15) is 0 Å². The first-order valence-electron chi connectivity index (χ1n) is 6.10. The van der Waals surface area contributed by atoms with Gasteiger partial charge in [0, 0.05) is 18.4 Å². The standard InChI is InChI=1S/C12H20N2O3S/c1-3-8-18(15,16)9-7-13-11-5-6-12(14-10-11)17-4-2/h5-6,10,13H,3-4,7-9H2,1-2H3. The summed E-state index contributed by atoms with van der Waals surface area (Å²) in [5.41, 5.74) is 0.796. The molecule has 0 atom stereocenters. The number of hydrogen-bond donors (Lipinski definition) is 1. The van der Waals surface area contributed by atoms with Crippen LogP contribution in [0.2, 0.25) is 0 Å². The predicted octanol–water partition coefficient (Wildman–Crippen LogP) is 1.72. The van der Waals surface area contributed by atoms with Gasteiger partial charge in [0.05, 0.1) is 24.2 Å². The maximum absolute atomic E-state index is 11.5. The van der Waals surface area contributed by atoms with Crippen molar-refractivity contribution in [1.29, 1.82) is 0 Å². The van der Waals surface area contributed by atoms with Gasteiger partial charge < -0.3 is 10.1 Å². The first-order valence-corrected chi connectivity index (χ1v) is 7.92. The molecule has 0 radical (unpaired) electrons. The highest BCUT2D eigenvalue weighted by Crippen LogP contribution is 2.11. The first-order chi connectivity index (χ1) is 8.57. The van der Waals surface area contributed by atoms with E-state index in [1.54, 1.807) is 12.3 Å². The van der Waals surface area contributed by atoms with E-state index < -0.39 is 9.84 Å². The number of nitrogens with one attached hydrogen (secondary N) is 1. The van der Waals surface area contributed by atoms with Gasteiger partial charge >= 0.3 is 0 Å². The molecule has 0 fully saturated rings. The minimum Gasteiger partial charge on any atom is -0.478 e. The Hall–Kier alpha value is -1.30. The van der Waals surface area contributed by atoms with Crippen LogP contribution in [-0.4, -0.2) is 38.1 Å². The van der Waals surface area contributed by atoms with E-state index in [0.29, 0.717) is 25.5 Å². The van der Waals surface area contributed by atoms with E-state index in [1.165, 1.54) is 0 Å². The fourth-order valence-electron chi connectivity index (χ4n) is 1.48. The van der Waals surface area contributed by atoms with Crippen molar-refractivity contribution in [3.8, 4) is 5.88 Å². The molecular weight excluding hydrogens is 252 g/mol. The monoisotopic (exact) mass is 272 g/mol. The summed E-state index contributed by atoms with van der Waals surface area (Å²) in [6.07, 6.45) is 2.30. The average molecular weight is 272 g/mol. The summed E-state index contributed by atoms with van der Waals surface area (Å²) in [6.45, 7) is 4.74. The van der Waals surface area contributed by atoms with Crippen LogP contribution in [0.3, 0.4) is 0 Å². The Morgan fingerprint density at radius 3 is 2.61 bits per heavy atom. The number of nitrogens with zero attached hydrogens (tertiary/aromatic N) is 1. The summed E-state index contributed by atoms with van der Waals surface area (Å²) >= 11 is 0. The van der Waals surface area contributed by atoms with Gasteiger partial charge in [-0.15, -0.1) is 0 Å². The lowest BCUT2D eigenvalue weighted by atomic mass is 10.4. The van der Waals surface area contributed by atoms with E-state index in [1.807, 2.05) is 19.9 Å². The Kier molecular flexibility index (Phi) is 5.91. The number of rotatable bonds is 8. The van der Waals surface area contributed by atoms with Gasteiger partial charge in [-0.1, -0.05) is 6.92 Å². The van der Waals surface area contributed by atoms with Crippen molar-refractivity contribution in [1.82, 2.24) is 4.98 Å². The quantitative estimate of drug-likeness (QED) is 0.780. The van der Waals surface area contributed by atoms with Crippen LogP contribution in [0.25, 0.3) is 0 Å². The molecule has 0 amide bonds. The molecule has 0 bridgehead atoms. The molecule has 18 heavy (non-hydrogen) atoms. The molecule has 1 N–H and O–H groups in total. The maximum atomic E-state index is 11.5. The van der Waals surface area contributed by atoms with E-state index in [0.717, 1.165) is 5.69 Å². The number of hydrogen-bond acceptors (Lipinski definition) is 5. The number of ether oxygens (including phenoxy) is 1. The second kappa shape index (κ2) is 7.20. The Balaban J connectivity index is 2.40. The zero-order valence-electron chi connectivity index (χ0n) is 10.8. The number of sulfone groups is 1. The van der Waals surface area contributed by atoms with Crippen LogP contribution >= 0.6 is 0 Å². The predicted molar refractivity (Wildman–Crippen MR) is 72.8 cm³/mol. The summed E-state index contributed by atoms with van der Waals surface area (Å²) in [5.74, 6) is 0.964. The molecule has 0 aliphatic rings. The molecule has 1 rings (SSSR count). The summed E-state index contributed by atoms with van der Waals surface area (Å²) < 4.78 is 28.2. The largest absolute Gasteiger partial charge is 0.478 e. The van der Waals surface area contributed by atoms with Crippen molar-refractivity contribution >= 4 is 15.5 Å². The average Bonchev–Trinajstić information content (AvgIpc) is 2.31. The minimum atomic E-state index is -2.93. The number of aromatic nitrogens is 1. The first kappa shape index (κ1) is 14.8. The van der Waals surface area contributed by atoms with Crippen LogP contribution in [0.15, 0.2) is 18.3 Å². The van der Waals surface area contributed by atoms with Crippen molar-refractivity contribution in [2.45, 2.75) is 20.3 Å². The highest BCUT2D eigenvalue weighted by Gasteiger charge is 2.08. The van der Waals surface area contributed by atoms with Gasteiger partial charge in [0.25, 0.3) is 0 Å². The Morgan fingerprint density at radius 1 is 1.28 bits per heavy atom. The highest BCUT2D eigenvalue weighted by atomic mass is 32.2. The summed E-state index contributed by atoms with van der Waals surface area (Å²) in [6, 6.07) is 3.58. The van der Waals surface area contributed by atoms with Gasteiger partial charge in [0.1, 0.15) is 0 Å². The Labute approximate surface area is 108 Å². The van der Waals surface area contributed by atoms with E-state index in [4.69, 9.17) is 4.74 Å². The van der Waals surface area contributed by atoms with Crippen molar-refractivity contribution in [3.63, 3.8) is 0 Å². The van der Waals surface area contributed by atoms with Gasteiger partial charge in [0.15, 0.2) is 9.84 Å². The smallest absolute Gasteiger partial charge is 0.213 e. The second-order valence-corrected chi connectivity index (χ2v) is 6.20. The zero-order chi connectivity index (χ0) is 13.4. The van der Waals surface area contributed by atoms with Gasteiger partial charge in [-0.25, -0.2) is 13.4 Å². The third kappa shape index (κ3) is 5.35. The summed E-state index contributed by atoms with van der Waals surface area (Å²) in [7, 11) is -2.93. The summed E-state index contributed by atoms with van der Waals surface area (Å²) in [4.78, 5) is 4.09. The Morgan fingerprint density at radius 2 is 2.06 bits per heavy atom. The highest BCUT2D eigenvalue weighted by molar-refractivity contribution is 7.91. The van der Waals surface area contributed by atoms with Gasteiger partial charge in [-0.05, 0) is 19.4 Å². The molecule has 1 aromatic rings. The third-order valence-electron chi connectivity index (χ3n) is 2.29.